The van der Waals surface area contributed by atoms with Crippen LogP contribution < -0.4 is 5.32 Å². The summed E-state index contributed by atoms with van der Waals surface area (Å²) in [6.45, 7) is 9.43. The molecule has 1 rings (SSSR count). The number of nitrogens with zero attached hydrogens (tertiary/aromatic N) is 1. The molecule has 0 aromatic heterocycles. The van der Waals surface area contributed by atoms with Crippen LogP contribution in [0.1, 0.15) is 40.0 Å². The van der Waals surface area contributed by atoms with Gasteiger partial charge in [0, 0.05) is 12.1 Å². The van der Waals surface area contributed by atoms with Gasteiger partial charge in [0.2, 0.25) is 0 Å². The lowest BCUT2D eigenvalue weighted by atomic mass is 9.98. The van der Waals surface area contributed by atoms with E-state index in [9.17, 15) is 0 Å². The van der Waals surface area contributed by atoms with Crippen molar-refractivity contribution in [2.45, 2.75) is 52.1 Å². The summed E-state index contributed by atoms with van der Waals surface area (Å²) < 4.78 is 0. The summed E-state index contributed by atoms with van der Waals surface area (Å²) in [7, 11) is 2.22. The quantitative estimate of drug-likeness (QED) is 0.744. The molecule has 1 saturated heterocycles. The Hall–Kier alpha value is -0.0800. The molecule has 1 atom stereocenters. The molecular formula is C12H26N2. The van der Waals surface area contributed by atoms with Crippen LogP contribution >= 0.6 is 0 Å². The molecule has 1 heterocycles. The van der Waals surface area contributed by atoms with Crippen molar-refractivity contribution in [2.75, 3.05) is 20.1 Å². The number of nitrogens with one attached hydrogen (secondary N) is 1. The van der Waals surface area contributed by atoms with E-state index in [1.807, 2.05) is 0 Å². The molecule has 1 aliphatic heterocycles. The van der Waals surface area contributed by atoms with Crippen LogP contribution in [0.3, 0.4) is 0 Å². The fraction of sp³-hybridized carbons (Fsp3) is 1.00. The van der Waals surface area contributed by atoms with Crippen LogP contribution in [0.2, 0.25) is 0 Å². The van der Waals surface area contributed by atoms with E-state index in [0.717, 1.165) is 12.0 Å². The third kappa shape index (κ3) is 3.58. The highest BCUT2D eigenvalue weighted by atomic mass is 15.1. The van der Waals surface area contributed by atoms with Gasteiger partial charge in [-0.15, -0.1) is 0 Å². The first-order valence-corrected chi connectivity index (χ1v) is 6.08. The standard InChI is InChI=1S/C12H26N2/c1-5-12(10(2)3)13-11-6-8-14(4)9-7-11/h10-13H,5-9H2,1-4H3/t12-/m1/s1. The molecule has 1 N–H and O–H groups in total. The van der Waals surface area contributed by atoms with E-state index < -0.39 is 0 Å². The van der Waals surface area contributed by atoms with E-state index in [1.165, 1.54) is 32.4 Å². The predicted octanol–water partition coefficient (Wildman–Crippen LogP) is 2.10. The van der Waals surface area contributed by atoms with E-state index in [0.29, 0.717) is 6.04 Å². The van der Waals surface area contributed by atoms with Crippen molar-refractivity contribution in [3.05, 3.63) is 0 Å². The van der Waals surface area contributed by atoms with Gasteiger partial charge in [-0.2, -0.15) is 0 Å². The van der Waals surface area contributed by atoms with Crippen molar-refractivity contribution >= 4 is 0 Å². The SMILES string of the molecule is CC[C@@H](NC1CCN(C)CC1)C(C)C. The molecule has 0 aliphatic carbocycles. The molecule has 0 unspecified atom stereocenters. The van der Waals surface area contributed by atoms with Gasteiger partial charge in [-0.1, -0.05) is 20.8 Å². The minimum absolute atomic E-state index is 0.711. The van der Waals surface area contributed by atoms with Gasteiger partial charge in [0.1, 0.15) is 0 Å². The number of rotatable bonds is 4. The topological polar surface area (TPSA) is 15.3 Å². The molecule has 1 fully saturated rings. The lowest BCUT2D eigenvalue weighted by molar-refractivity contribution is 0.212. The van der Waals surface area contributed by atoms with Gasteiger partial charge >= 0.3 is 0 Å². The monoisotopic (exact) mass is 198 g/mol. The molecule has 0 bridgehead atoms. The molecule has 0 amide bonds. The van der Waals surface area contributed by atoms with Crippen LogP contribution in [0, 0.1) is 5.92 Å². The van der Waals surface area contributed by atoms with Crippen molar-refractivity contribution < 1.29 is 0 Å². The van der Waals surface area contributed by atoms with E-state index in [4.69, 9.17) is 0 Å². The Morgan fingerprint density at radius 2 is 1.86 bits per heavy atom. The Balaban J connectivity index is 2.29. The van der Waals surface area contributed by atoms with Crippen LogP contribution in [0.5, 0.6) is 0 Å². The van der Waals surface area contributed by atoms with Crippen molar-refractivity contribution in [3.8, 4) is 0 Å². The first-order valence-electron chi connectivity index (χ1n) is 6.08. The van der Waals surface area contributed by atoms with Gasteiger partial charge in [-0.3, -0.25) is 0 Å². The molecule has 0 radical (unpaired) electrons. The average Bonchev–Trinajstić information content (AvgIpc) is 2.16. The summed E-state index contributed by atoms with van der Waals surface area (Å²) >= 11 is 0. The molecule has 0 saturated carbocycles. The highest BCUT2D eigenvalue weighted by Gasteiger charge is 2.20. The first-order chi connectivity index (χ1) is 6.63. The highest BCUT2D eigenvalue weighted by molar-refractivity contribution is 4.80. The summed E-state index contributed by atoms with van der Waals surface area (Å²) in [5, 5.41) is 3.80. The smallest absolute Gasteiger partial charge is 0.00941 e. The first kappa shape index (κ1) is 12.0. The van der Waals surface area contributed by atoms with Crippen LogP contribution in [-0.2, 0) is 0 Å². The van der Waals surface area contributed by atoms with E-state index in [2.05, 4.69) is 38.0 Å². The third-order valence-electron chi connectivity index (χ3n) is 3.41. The number of likely N-dealkylation sites (tertiary alicyclic amines) is 1. The molecule has 0 spiro atoms. The minimum atomic E-state index is 0.711. The van der Waals surface area contributed by atoms with Gasteiger partial charge in [0.05, 0.1) is 0 Å². The maximum atomic E-state index is 3.80. The summed E-state index contributed by atoms with van der Waals surface area (Å²) in [5.74, 6) is 0.764. The number of hydrogen-bond acceptors (Lipinski definition) is 2. The summed E-state index contributed by atoms with van der Waals surface area (Å²) in [6.07, 6.45) is 3.89. The van der Waals surface area contributed by atoms with E-state index >= 15 is 0 Å². The molecule has 14 heavy (non-hydrogen) atoms. The molecule has 0 aromatic rings. The van der Waals surface area contributed by atoms with Gasteiger partial charge < -0.3 is 10.2 Å². The van der Waals surface area contributed by atoms with Crippen molar-refractivity contribution in [3.63, 3.8) is 0 Å². The summed E-state index contributed by atoms with van der Waals surface area (Å²) in [6, 6.07) is 1.47. The molecular weight excluding hydrogens is 172 g/mol. The Labute approximate surface area is 89.1 Å². The second-order valence-electron chi connectivity index (χ2n) is 5.00. The molecule has 1 aliphatic rings. The van der Waals surface area contributed by atoms with Crippen molar-refractivity contribution in [1.82, 2.24) is 10.2 Å². The zero-order chi connectivity index (χ0) is 10.6. The molecule has 2 nitrogen and oxygen atoms in total. The Kier molecular flexibility index (Phi) is 4.90. The van der Waals surface area contributed by atoms with Crippen molar-refractivity contribution in [2.24, 2.45) is 5.92 Å². The zero-order valence-corrected chi connectivity index (χ0v) is 10.2. The predicted molar refractivity (Wildman–Crippen MR) is 62.6 cm³/mol. The maximum absolute atomic E-state index is 3.80. The van der Waals surface area contributed by atoms with E-state index in [1.54, 1.807) is 0 Å². The summed E-state index contributed by atoms with van der Waals surface area (Å²) in [5.41, 5.74) is 0. The Bertz CT molecular complexity index is 148. The fourth-order valence-electron chi connectivity index (χ4n) is 2.26. The highest BCUT2D eigenvalue weighted by Crippen LogP contribution is 2.13. The van der Waals surface area contributed by atoms with Crippen LogP contribution in [0.15, 0.2) is 0 Å². The van der Waals surface area contributed by atoms with E-state index in [-0.39, 0.29) is 0 Å². The van der Waals surface area contributed by atoms with Crippen LogP contribution in [0.25, 0.3) is 0 Å². The van der Waals surface area contributed by atoms with Gasteiger partial charge in [-0.05, 0) is 45.3 Å². The average molecular weight is 198 g/mol. The molecule has 84 valence electrons. The fourth-order valence-corrected chi connectivity index (χ4v) is 2.26. The Morgan fingerprint density at radius 1 is 1.29 bits per heavy atom. The second kappa shape index (κ2) is 5.72. The van der Waals surface area contributed by atoms with Crippen LogP contribution in [-0.4, -0.2) is 37.1 Å². The lowest BCUT2D eigenvalue weighted by Crippen LogP contribution is -2.46. The normalized spacial score (nSPS) is 22.9. The zero-order valence-electron chi connectivity index (χ0n) is 10.2. The third-order valence-corrected chi connectivity index (χ3v) is 3.41. The molecule has 2 heteroatoms. The van der Waals surface area contributed by atoms with Gasteiger partial charge in [0.25, 0.3) is 0 Å². The van der Waals surface area contributed by atoms with Crippen molar-refractivity contribution in [1.29, 1.82) is 0 Å². The van der Waals surface area contributed by atoms with Gasteiger partial charge in [0.15, 0.2) is 0 Å². The second-order valence-corrected chi connectivity index (χ2v) is 5.00. The lowest BCUT2D eigenvalue weighted by Gasteiger charge is -2.33. The number of hydrogen-bond donors (Lipinski definition) is 1. The minimum Gasteiger partial charge on any atom is -0.311 e. The number of piperidine rings is 1. The summed E-state index contributed by atoms with van der Waals surface area (Å²) in [4.78, 5) is 2.43. The largest absolute Gasteiger partial charge is 0.311 e. The van der Waals surface area contributed by atoms with Gasteiger partial charge in [-0.25, -0.2) is 0 Å². The molecule has 0 aromatic carbocycles. The maximum Gasteiger partial charge on any atom is 0.00941 e. The van der Waals surface area contributed by atoms with Crippen LogP contribution in [0.4, 0.5) is 0 Å². The Morgan fingerprint density at radius 3 is 2.29 bits per heavy atom.